The zero-order chi connectivity index (χ0) is 35.4. The molecule has 0 saturated carbocycles. The van der Waals surface area contributed by atoms with Crippen molar-refractivity contribution in [3.63, 3.8) is 0 Å². The van der Waals surface area contributed by atoms with Gasteiger partial charge in [0.2, 0.25) is 5.52 Å². The van der Waals surface area contributed by atoms with Crippen molar-refractivity contribution >= 4 is 158 Å². The molecule has 0 fully saturated rings. The first-order valence-electron chi connectivity index (χ1n) is 12.4. The SMILES string of the molecule is C.C.C[n+]1cccc2ccc3cccnc3c21.Cn1c(=O)ccc2ccc3cccnc3c21.[C-]#N.[C-]#N.[C-]#N.[C-]#N.[C-]#N.[C-]#N.[Fe+6].[I-].[K].[K][K]. The van der Waals surface area contributed by atoms with Gasteiger partial charge in [-0.05, 0) is 30.3 Å². The molecule has 0 bridgehead atoms. The maximum atomic E-state index is 11.6. The quantitative estimate of drug-likeness (QED) is 0.0721. The van der Waals surface area contributed by atoms with E-state index in [-0.39, 0.29) is 113 Å². The summed E-state index contributed by atoms with van der Waals surface area (Å²) < 4.78 is 3.76. The Bertz CT molecular complexity index is 1910. The molecule has 6 aromatic rings. The summed E-state index contributed by atoms with van der Waals surface area (Å²) >= 11 is 2.50. The van der Waals surface area contributed by atoms with Crippen LogP contribution in [0.2, 0.25) is 0 Å². The first-order chi connectivity index (χ1) is 22.1. The van der Waals surface area contributed by atoms with Crippen molar-refractivity contribution in [1.82, 2.24) is 14.5 Å². The molecular formula is C34H29FeIK3N10O. The third-order valence-electron chi connectivity index (χ3n) is 5.57. The third-order valence-corrected chi connectivity index (χ3v) is 5.57. The van der Waals surface area contributed by atoms with Gasteiger partial charge in [-0.2, -0.15) is 4.57 Å². The number of hydrogen-bond donors (Lipinski definition) is 0. The topological polar surface area (TPSA) is 194 Å². The number of hydrogen-bond acceptors (Lipinski definition) is 9. The van der Waals surface area contributed by atoms with Crippen LogP contribution in [0.3, 0.4) is 0 Å². The van der Waals surface area contributed by atoms with Crippen molar-refractivity contribution in [2.24, 2.45) is 14.1 Å². The van der Waals surface area contributed by atoms with Crippen LogP contribution in [0, 0.1) is 71.0 Å². The molecule has 4 aromatic heterocycles. The minimum atomic E-state index is -0.00865. The van der Waals surface area contributed by atoms with E-state index < -0.39 is 0 Å². The summed E-state index contributed by atoms with van der Waals surface area (Å²) in [7, 11) is 3.83. The molecule has 0 atom stereocenters. The molecule has 16 heteroatoms. The Kier molecular flexibility index (Phi) is 59.3. The number of pyridine rings is 4. The zero-order valence-electron chi connectivity index (χ0n) is 26.8. The summed E-state index contributed by atoms with van der Waals surface area (Å²) in [6.07, 6.45) is 5.64. The van der Waals surface area contributed by atoms with Gasteiger partial charge in [0.25, 0.3) is 5.56 Å². The van der Waals surface area contributed by atoms with Gasteiger partial charge >= 0.3 is 80.2 Å². The molecule has 239 valence electrons. The fraction of sp³-hybridized carbons (Fsp3) is 0.118. The zero-order valence-corrected chi connectivity index (χ0v) is 39.4. The Morgan fingerprint density at radius 3 is 1.46 bits per heavy atom. The summed E-state index contributed by atoms with van der Waals surface area (Å²) in [6, 6.07) is 23.8. The first kappa shape index (κ1) is 67.1. The molecule has 0 aliphatic carbocycles. The van der Waals surface area contributed by atoms with Crippen LogP contribution in [0.25, 0.3) is 43.6 Å². The predicted molar refractivity (Wildman–Crippen MR) is 185 cm³/mol. The number of aryl methyl sites for hydroxylation is 2. The molecule has 11 nitrogen and oxygen atoms in total. The van der Waals surface area contributed by atoms with Gasteiger partial charge in [-0.15, -0.1) is 0 Å². The van der Waals surface area contributed by atoms with E-state index in [4.69, 9.17) is 71.0 Å². The number of fused-ring (bicyclic) bond motifs is 6. The summed E-state index contributed by atoms with van der Waals surface area (Å²) in [6.45, 7) is 28.5. The van der Waals surface area contributed by atoms with Crippen molar-refractivity contribution in [3.05, 3.63) is 141 Å². The molecule has 0 unspecified atom stereocenters. The van der Waals surface area contributed by atoms with E-state index in [1.165, 1.54) is 79.4 Å². The van der Waals surface area contributed by atoms with E-state index in [9.17, 15) is 4.79 Å². The predicted octanol–water partition coefficient (Wildman–Crippen LogP) is 2.01. The van der Waals surface area contributed by atoms with Gasteiger partial charge in [-0.3, -0.25) is 9.78 Å². The van der Waals surface area contributed by atoms with Gasteiger partial charge in [-0.1, -0.05) is 45.2 Å². The number of aromatic nitrogens is 4. The summed E-state index contributed by atoms with van der Waals surface area (Å²) in [5, 5.41) is 42.0. The van der Waals surface area contributed by atoms with E-state index in [1.807, 2.05) is 42.6 Å². The Balaban J connectivity index is -0.0000000813. The van der Waals surface area contributed by atoms with Crippen LogP contribution in [-0.4, -0.2) is 129 Å². The van der Waals surface area contributed by atoms with Crippen LogP contribution in [0.4, 0.5) is 0 Å². The van der Waals surface area contributed by atoms with Crippen molar-refractivity contribution in [2.75, 3.05) is 0 Å². The molecule has 0 amide bonds. The fourth-order valence-corrected chi connectivity index (χ4v) is 4.02. The molecule has 2 aromatic carbocycles. The third kappa shape index (κ3) is 20.3. The number of rotatable bonds is 0. The molecule has 0 saturated heterocycles. The monoisotopic (exact) mass is 893 g/mol. The Labute approximate surface area is 411 Å². The van der Waals surface area contributed by atoms with Crippen molar-refractivity contribution in [1.29, 1.82) is 31.6 Å². The van der Waals surface area contributed by atoms with Crippen LogP contribution in [0.5, 0.6) is 0 Å². The summed E-state index contributed by atoms with van der Waals surface area (Å²) in [5.74, 6) is 0. The average Bonchev–Trinajstić information content (AvgIpc) is 3.15. The number of benzene rings is 2. The van der Waals surface area contributed by atoms with Crippen molar-refractivity contribution in [2.45, 2.75) is 14.9 Å². The second-order valence-electron chi connectivity index (χ2n) is 7.51. The molecular weight excluding hydrogens is 864 g/mol. The van der Waals surface area contributed by atoms with E-state index in [0.717, 1.165) is 27.3 Å². The van der Waals surface area contributed by atoms with Crippen LogP contribution in [0.15, 0.2) is 96.2 Å². The van der Waals surface area contributed by atoms with E-state index in [2.05, 4.69) is 58.1 Å². The Morgan fingerprint density at radius 1 is 0.620 bits per heavy atom. The van der Waals surface area contributed by atoms with E-state index in [0.29, 0.717) is 0 Å². The second kappa shape index (κ2) is 44.1. The molecule has 0 aliphatic rings. The second-order valence-corrected chi connectivity index (χ2v) is 7.51. The molecule has 1 radical (unpaired) electrons. The van der Waals surface area contributed by atoms with Crippen molar-refractivity contribution in [3.8, 4) is 0 Å². The van der Waals surface area contributed by atoms with Crippen molar-refractivity contribution < 1.29 is 45.6 Å². The summed E-state index contributed by atoms with van der Waals surface area (Å²) in [5.41, 5.74) is 4.02. The van der Waals surface area contributed by atoms with Gasteiger partial charge in [-0.25, -0.2) is 4.98 Å². The van der Waals surface area contributed by atoms with Gasteiger partial charge in [0.15, 0.2) is 6.20 Å². The van der Waals surface area contributed by atoms with Gasteiger partial charge in [0, 0.05) is 105 Å². The summed E-state index contributed by atoms with van der Waals surface area (Å²) in [4.78, 5) is 20.4. The number of halogens is 1. The number of nitrogens with zero attached hydrogens (tertiary/aromatic N) is 10. The first-order valence-corrected chi connectivity index (χ1v) is 28.4. The van der Waals surface area contributed by atoms with Crippen LogP contribution in [0.1, 0.15) is 14.9 Å². The van der Waals surface area contributed by atoms with Gasteiger partial charge in [0.1, 0.15) is 12.6 Å². The van der Waals surface area contributed by atoms with E-state index >= 15 is 0 Å². The molecule has 50 heavy (non-hydrogen) atoms. The van der Waals surface area contributed by atoms with E-state index in [1.54, 1.807) is 23.9 Å². The normalized spacial score (nSPS) is 7.24. The molecule has 4 heterocycles. The molecule has 6 rings (SSSR count). The molecule has 0 spiro atoms. The fourth-order valence-electron chi connectivity index (χ4n) is 4.02. The van der Waals surface area contributed by atoms with Gasteiger partial charge in [0.05, 0.1) is 11.0 Å². The Morgan fingerprint density at radius 2 is 0.980 bits per heavy atom. The van der Waals surface area contributed by atoms with Gasteiger partial charge < -0.3 is 99.5 Å². The maximum absolute atomic E-state index is 11.6. The van der Waals surface area contributed by atoms with Crippen LogP contribution < -0.4 is 34.1 Å². The standard InChI is InChI=1S/C13H10N2O.C13H11N2.6CN.2CH4.Fe.HI.3K/c1-15-11(16)7-6-10-5-4-9-3-2-8-14-12(9)13(10)15;1-15-9-3-5-11-7-6-10-4-2-8-14-12(10)13(11)15;6*1-2;;;;;;;/h2-8H,1H3;2-9H,1H3;;;;;;;2*1H4;;1H;;;/q;+1;6*-1;;;+6;;;;/p-1. The molecule has 0 aliphatic heterocycles. The average molecular weight is 894 g/mol. The minimum absolute atomic E-state index is 0. The van der Waals surface area contributed by atoms with Crippen LogP contribution in [-0.2, 0) is 31.2 Å². The van der Waals surface area contributed by atoms with Crippen LogP contribution >= 0.6 is 0 Å². The Hall–Kier alpha value is -1.02. The molecule has 0 N–H and O–H groups in total.